The Balaban J connectivity index is 1.32. The fraction of sp³-hybridized carbons (Fsp3) is 0.238. The van der Waals surface area contributed by atoms with Gasteiger partial charge in [0.25, 0.3) is 15.9 Å². The van der Waals surface area contributed by atoms with Crippen molar-refractivity contribution in [2.24, 2.45) is 4.99 Å². The summed E-state index contributed by atoms with van der Waals surface area (Å²) in [5.41, 5.74) is 1.15. The molecular formula is C21H20N4O6S. The Labute approximate surface area is 184 Å². The first-order chi connectivity index (χ1) is 15.5. The molecule has 0 aliphatic carbocycles. The molecule has 32 heavy (non-hydrogen) atoms. The van der Waals surface area contributed by atoms with E-state index < -0.39 is 16.0 Å². The van der Waals surface area contributed by atoms with Crippen LogP contribution in [0.5, 0.6) is 5.75 Å². The van der Waals surface area contributed by atoms with Gasteiger partial charge in [0, 0.05) is 5.56 Å². The highest BCUT2D eigenvalue weighted by Crippen LogP contribution is 2.27. The highest BCUT2D eigenvalue weighted by atomic mass is 32.2. The molecule has 166 valence electrons. The third kappa shape index (κ3) is 4.62. The number of rotatable bonds is 8. The van der Waals surface area contributed by atoms with Crippen molar-refractivity contribution in [3.63, 3.8) is 0 Å². The zero-order valence-corrected chi connectivity index (χ0v) is 18.0. The van der Waals surface area contributed by atoms with Gasteiger partial charge in [-0.15, -0.1) is 0 Å². The molecule has 0 bridgehead atoms. The molecule has 1 aliphatic rings. The van der Waals surface area contributed by atoms with Gasteiger partial charge in [-0.2, -0.15) is 4.98 Å². The third-order valence-electron chi connectivity index (χ3n) is 4.50. The highest BCUT2D eigenvalue weighted by molar-refractivity contribution is 7.90. The maximum Gasteiger partial charge on any atom is 0.308 e. The van der Waals surface area contributed by atoms with E-state index in [0.717, 1.165) is 0 Å². The topological polar surface area (TPSA) is 133 Å². The van der Waals surface area contributed by atoms with Gasteiger partial charge >= 0.3 is 5.97 Å². The van der Waals surface area contributed by atoms with Crippen LogP contribution < -0.4 is 9.46 Å². The van der Waals surface area contributed by atoms with Gasteiger partial charge in [0.2, 0.25) is 5.82 Å². The predicted octanol–water partition coefficient (Wildman–Crippen LogP) is 2.31. The van der Waals surface area contributed by atoms with Gasteiger partial charge in [-0.3, -0.25) is 14.5 Å². The SMILES string of the molecule is CCOc1ccccc1-c1noc(COC(=O)CCN=C2NS(=O)(=O)c3ccccc32)n1. The van der Waals surface area contributed by atoms with Crippen molar-refractivity contribution in [2.75, 3.05) is 13.2 Å². The number of carbonyl (C=O) groups excluding carboxylic acids is 1. The largest absolute Gasteiger partial charge is 0.493 e. The number of nitrogens with one attached hydrogen (secondary N) is 1. The summed E-state index contributed by atoms with van der Waals surface area (Å²) in [5.74, 6) is 0.783. The fourth-order valence-corrected chi connectivity index (χ4v) is 4.33. The first-order valence-electron chi connectivity index (χ1n) is 9.85. The number of sulfonamides is 1. The van der Waals surface area contributed by atoms with E-state index in [1.165, 1.54) is 6.07 Å². The van der Waals surface area contributed by atoms with Crippen molar-refractivity contribution < 1.29 is 27.2 Å². The molecule has 10 nitrogen and oxygen atoms in total. The number of aliphatic imine (C=N–C) groups is 1. The van der Waals surface area contributed by atoms with Gasteiger partial charge in [-0.1, -0.05) is 29.4 Å². The summed E-state index contributed by atoms with van der Waals surface area (Å²) in [6.07, 6.45) is -0.0401. The number of para-hydroxylation sites is 1. The Bertz CT molecular complexity index is 1270. The van der Waals surface area contributed by atoms with Crippen LogP contribution in [0.1, 0.15) is 24.8 Å². The molecule has 0 fully saturated rings. The minimum Gasteiger partial charge on any atom is -0.493 e. The summed E-state index contributed by atoms with van der Waals surface area (Å²) < 4.78 is 42.4. The second kappa shape index (κ2) is 9.18. The molecule has 2 heterocycles. The Morgan fingerprint density at radius 3 is 2.69 bits per heavy atom. The Kier molecular flexibility index (Phi) is 6.17. The standard InChI is InChI=1S/C21H20N4O6S/c1-2-29-16-9-5-3-7-14(16)21-23-18(31-24-21)13-30-19(26)11-12-22-20-15-8-4-6-10-17(15)32(27,28)25-20/h3-10H,2,11-13H2,1H3,(H,22,25). The molecule has 0 radical (unpaired) electrons. The summed E-state index contributed by atoms with van der Waals surface area (Å²) in [4.78, 5) is 20.6. The second-order valence-electron chi connectivity index (χ2n) is 6.68. The predicted molar refractivity (Wildman–Crippen MR) is 113 cm³/mol. The van der Waals surface area contributed by atoms with E-state index in [9.17, 15) is 13.2 Å². The number of hydrogen-bond donors (Lipinski definition) is 1. The molecule has 0 unspecified atom stereocenters. The molecule has 2 aromatic carbocycles. The Hall–Kier alpha value is -3.73. The molecule has 1 aromatic heterocycles. The van der Waals surface area contributed by atoms with Crippen LogP contribution in [0.4, 0.5) is 0 Å². The van der Waals surface area contributed by atoms with Gasteiger partial charge in [-0.05, 0) is 31.2 Å². The highest BCUT2D eigenvalue weighted by Gasteiger charge is 2.30. The van der Waals surface area contributed by atoms with Crippen LogP contribution in [-0.2, 0) is 26.2 Å². The minimum atomic E-state index is -3.61. The van der Waals surface area contributed by atoms with E-state index in [4.69, 9.17) is 14.0 Å². The minimum absolute atomic E-state index is 0.0401. The van der Waals surface area contributed by atoms with E-state index in [0.29, 0.717) is 29.3 Å². The number of nitrogens with zero attached hydrogens (tertiary/aromatic N) is 3. The third-order valence-corrected chi connectivity index (χ3v) is 5.90. The van der Waals surface area contributed by atoms with Gasteiger partial charge < -0.3 is 14.0 Å². The molecule has 0 amide bonds. The summed E-state index contributed by atoms with van der Waals surface area (Å²) in [5, 5.41) is 3.91. The molecule has 1 N–H and O–H groups in total. The van der Waals surface area contributed by atoms with E-state index in [1.807, 2.05) is 19.1 Å². The quantitative estimate of drug-likeness (QED) is 0.511. The molecule has 11 heteroatoms. The van der Waals surface area contributed by atoms with E-state index in [2.05, 4.69) is 19.9 Å². The molecule has 0 saturated heterocycles. The summed E-state index contributed by atoms with van der Waals surface area (Å²) >= 11 is 0. The lowest BCUT2D eigenvalue weighted by atomic mass is 10.2. The maximum absolute atomic E-state index is 12.1. The molecule has 0 atom stereocenters. The van der Waals surface area contributed by atoms with E-state index in [1.54, 1.807) is 30.3 Å². The summed E-state index contributed by atoms with van der Waals surface area (Å²) in [6, 6.07) is 13.8. The number of aromatic nitrogens is 2. The lowest BCUT2D eigenvalue weighted by Crippen LogP contribution is -2.22. The van der Waals surface area contributed by atoms with E-state index >= 15 is 0 Å². The average molecular weight is 456 g/mol. The van der Waals surface area contributed by atoms with Crippen molar-refractivity contribution in [2.45, 2.75) is 24.8 Å². The lowest BCUT2D eigenvalue weighted by molar-refractivity contribution is -0.145. The maximum atomic E-state index is 12.1. The number of ether oxygens (including phenoxy) is 2. The van der Waals surface area contributed by atoms with Crippen molar-refractivity contribution >= 4 is 21.8 Å². The normalized spacial score (nSPS) is 15.2. The molecular weight excluding hydrogens is 436 g/mol. The number of benzene rings is 2. The van der Waals surface area contributed by atoms with Crippen LogP contribution >= 0.6 is 0 Å². The van der Waals surface area contributed by atoms with Crippen LogP contribution in [0.2, 0.25) is 0 Å². The number of hydrogen-bond acceptors (Lipinski definition) is 9. The molecule has 4 rings (SSSR count). The molecule has 0 saturated carbocycles. The van der Waals surface area contributed by atoms with Crippen LogP contribution in [-0.4, -0.2) is 43.5 Å². The van der Waals surface area contributed by atoms with Crippen LogP contribution in [0.25, 0.3) is 11.4 Å². The smallest absolute Gasteiger partial charge is 0.308 e. The second-order valence-corrected chi connectivity index (χ2v) is 8.33. The van der Waals surface area contributed by atoms with Crippen molar-refractivity contribution in [1.29, 1.82) is 0 Å². The Morgan fingerprint density at radius 1 is 1.12 bits per heavy atom. The fourth-order valence-electron chi connectivity index (χ4n) is 3.08. The first kappa shape index (κ1) is 21.5. The Morgan fingerprint density at radius 2 is 1.88 bits per heavy atom. The van der Waals surface area contributed by atoms with Gasteiger partial charge in [-0.25, -0.2) is 8.42 Å². The van der Waals surface area contributed by atoms with Crippen molar-refractivity contribution in [3.05, 3.63) is 60.0 Å². The number of carbonyl (C=O) groups is 1. The number of esters is 1. The zero-order valence-electron chi connectivity index (χ0n) is 17.1. The zero-order chi connectivity index (χ0) is 22.6. The van der Waals surface area contributed by atoms with Crippen LogP contribution in [0.3, 0.4) is 0 Å². The lowest BCUT2D eigenvalue weighted by Gasteiger charge is -2.06. The summed E-state index contributed by atoms with van der Waals surface area (Å²) in [7, 11) is -3.61. The monoisotopic (exact) mass is 456 g/mol. The van der Waals surface area contributed by atoms with Crippen molar-refractivity contribution in [3.8, 4) is 17.1 Å². The van der Waals surface area contributed by atoms with Gasteiger partial charge in [0.05, 0.1) is 30.0 Å². The number of fused-ring (bicyclic) bond motifs is 1. The van der Waals surface area contributed by atoms with Crippen molar-refractivity contribution in [1.82, 2.24) is 14.9 Å². The molecule has 3 aromatic rings. The summed E-state index contributed by atoms with van der Waals surface area (Å²) in [6.45, 7) is 2.25. The van der Waals surface area contributed by atoms with Crippen LogP contribution in [0, 0.1) is 0 Å². The first-order valence-corrected chi connectivity index (χ1v) is 11.3. The molecule has 1 aliphatic heterocycles. The molecule has 0 spiro atoms. The van der Waals surface area contributed by atoms with Gasteiger partial charge in [0.15, 0.2) is 6.61 Å². The van der Waals surface area contributed by atoms with Crippen LogP contribution in [0.15, 0.2) is 62.9 Å². The van der Waals surface area contributed by atoms with Gasteiger partial charge in [0.1, 0.15) is 11.6 Å². The average Bonchev–Trinajstić information content (AvgIpc) is 3.36. The number of amidine groups is 1. The van der Waals surface area contributed by atoms with E-state index in [-0.39, 0.29) is 36.2 Å².